The van der Waals surface area contributed by atoms with Crippen molar-refractivity contribution < 1.29 is 4.42 Å². The van der Waals surface area contributed by atoms with Crippen LogP contribution >= 0.6 is 0 Å². The Morgan fingerprint density at radius 2 is 1.88 bits per heavy atom. The Kier molecular flexibility index (Phi) is 2.22. The molecule has 0 spiro atoms. The van der Waals surface area contributed by atoms with Crippen LogP contribution in [0.25, 0.3) is 11.0 Å². The van der Waals surface area contributed by atoms with Crippen LogP contribution < -0.4 is 5.43 Å². The SMILES string of the molecule is Cc1ccc2c(=O)cc(C3C=CC=C3)oc2c1. The van der Waals surface area contributed by atoms with Crippen molar-refractivity contribution in [3.05, 3.63) is 70.1 Å². The third-order valence-corrected chi connectivity index (χ3v) is 2.98. The lowest BCUT2D eigenvalue weighted by Gasteiger charge is -2.06. The molecule has 1 aliphatic carbocycles. The first kappa shape index (κ1) is 10.1. The molecule has 0 saturated carbocycles. The standard InChI is InChI=1S/C15H12O2/c1-10-6-7-12-13(16)9-14(17-15(12)8-10)11-4-2-3-5-11/h2-9,11H,1H3. The first-order valence-electron chi connectivity index (χ1n) is 5.63. The van der Waals surface area contributed by atoms with E-state index in [2.05, 4.69) is 0 Å². The van der Waals surface area contributed by atoms with E-state index in [1.54, 1.807) is 6.07 Å². The van der Waals surface area contributed by atoms with Crippen LogP contribution in [0.3, 0.4) is 0 Å². The molecule has 3 rings (SSSR count). The minimum absolute atomic E-state index is 0.0231. The largest absolute Gasteiger partial charge is 0.460 e. The first-order valence-corrected chi connectivity index (χ1v) is 5.63. The van der Waals surface area contributed by atoms with Crippen LogP contribution in [0.15, 0.2) is 57.8 Å². The molecule has 0 bridgehead atoms. The second-order valence-corrected chi connectivity index (χ2v) is 4.31. The number of hydrogen-bond acceptors (Lipinski definition) is 2. The van der Waals surface area contributed by atoms with Crippen molar-refractivity contribution in [2.45, 2.75) is 12.8 Å². The number of fused-ring (bicyclic) bond motifs is 1. The average Bonchev–Trinajstić information content (AvgIpc) is 2.81. The Bertz CT molecular complexity index is 678. The van der Waals surface area contributed by atoms with E-state index in [9.17, 15) is 4.79 Å². The Balaban J connectivity index is 2.25. The third-order valence-electron chi connectivity index (χ3n) is 2.98. The van der Waals surface area contributed by atoms with Crippen molar-refractivity contribution in [3.63, 3.8) is 0 Å². The van der Waals surface area contributed by atoms with E-state index in [0.717, 1.165) is 5.56 Å². The van der Waals surface area contributed by atoms with Gasteiger partial charge < -0.3 is 4.42 Å². The summed E-state index contributed by atoms with van der Waals surface area (Å²) in [6.45, 7) is 1.99. The zero-order valence-corrected chi connectivity index (χ0v) is 9.51. The summed E-state index contributed by atoms with van der Waals surface area (Å²) in [6, 6.07) is 7.24. The molecule has 0 amide bonds. The highest BCUT2D eigenvalue weighted by atomic mass is 16.3. The van der Waals surface area contributed by atoms with Gasteiger partial charge in [0.05, 0.1) is 11.3 Å². The Morgan fingerprint density at radius 1 is 1.12 bits per heavy atom. The molecule has 0 fully saturated rings. The van der Waals surface area contributed by atoms with Gasteiger partial charge in [0.15, 0.2) is 5.43 Å². The van der Waals surface area contributed by atoms with E-state index >= 15 is 0 Å². The van der Waals surface area contributed by atoms with Gasteiger partial charge in [-0.1, -0.05) is 30.4 Å². The van der Waals surface area contributed by atoms with Crippen LogP contribution in [0, 0.1) is 6.92 Å². The van der Waals surface area contributed by atoms with Crippen molar-refractivity contribution in [1.29, 1.82) is 0 Å². The topological polar surface area (TPSA) is 30.2 Å². The highest BCUT2D eigenvalue weighted by Crippen LogP contribution is 2.24. The minimum Gasteiger partial charge on any atom is -0.460 e. The number of benzene rings is 1. The summed E-state index contributed by atoms with van der Waals surface area (Å²) in [5, 5.41) is 0.644. The predicted octanol–water partition coefficient (Wildman–Crippen LogP) is 3.31. The lowest BCUT2D eigenvalue weighted by atomic mass is 10.1. The van der Waals surface area contributed by atoms with Crippen LogP contribution in [-0.4, -0.2) is 0 Å². The number of hydrogen-bond donors (Lipinski definition) is 0. The second kappa shape index (κ2) is 3.74. The van der Waals surface area contributed by atoms with Gasteiger partial charge >= 0.3 is 0 Å². The maximum Gasteiger partial charge on any atom is 0.192 e. The molecule has 1 aliphatic rings. The predicted molar refractivity (Wildman–Crippen MR) is 68.2 cm³/mol. The number of allylic oxidation sites excluding steroid dienone is 4. The van der Waals surface area contributed by atoms with Gasteiger partial charge in [-0.05, 0) is 24.6 Å². The molecule has 84 valence electrons. The van der Waals surface area contributed by atoms with Crippen LogP contribution in [0.4, 0.5) is 0 Å². The van der Waals surface area contributed by atoms with E-state index in [4.69, 9.17) is 4.42 Å². The highest BCUT2D eigenvalue weighted by Gasteiger charge is 2.12. The number of rotatable bonds is 1. The highest BCUT2D eigenvalue weighted by molar-refractivity contribution is 5.77. The first-order chi connectivity index (χ1) is 8.24. The fourth-order valence-electron chi connectivity index (χ4n) is 2.07. The maximum absolute atomic E-state index is 12.0. The zero-order chi connectivity index (χ0) is 11.8. The molecule has 2 heteroatoms. The fraction of sp³-hybridized carbons (Fsp3) is 0.133. The van der Waals surface area contributed by atoms with E-state index in [0.29, 0.717) is 16.7 Å². The molecule has 0 unspecified atom stereocenters. The normalized spacial score (nSPS) is 14.9. The lowest BCUT2D eigenvalue weighted by molar-refractivity contribution is 0.537. The summed E-state index contributed by atoms with van der Waals surface area (Å²) in [6.07, 6.45) is 7.95. The van der Waals surface area contributed by atoms with E-state index in [1.807, 2.05) is 49.4 Å². The molecule has 0 saturated heterocycles. The van der Waals surface area contributed by atoms with Gasteiger partial charge in [-0.15, -0.1) is 0 Å². The Morgan fingerprint density at radius 3 is 2.65 bits per heavy atom. The lowest BCUT2D eigenvalue weighted by Crippen LogP contribution is -2.03. The molecule has 0 atom stereocenters. The van der Waals surface area contributed by atoms with Gasteiger partial charge in [0, 0.05) is 6.07 Å². The minimum atomic E-state index is 0.0231. The average molecular weight is 224 g/mol. The van der Waals surface area contributed by atoms with Gasteiger partial charge in [0.2, 0.25) is 0 Å². The summed E-state index contributed by atoms with van der Waals surface area (Å²) < 4.78 is 5.80. The van der Waals surface area contributed by atoms with Crippen LogP contribution in [0.1, 0.15) is 17.2 Å². The molecule has 17 heavy (non-hydrogen) atoms. The van der Waals surface area contributed by atoms with E-state index in [1.165, 1.54) is 0 Å². The monoisotopic (exact) mass is 224 g/mol. The molecular formula is C15H12O2. The summed E-state index contributed by atoms with van der Waals surface area (Å²) in [5.74, 6) is 0.797. The summed E-state index contributed by atoms with van der Waals surface area (Å²) in [5.41, 5.74) is 1.78. The van der Waals surface area contributed by atoms with Gasteiger partial charge in [0.1, 0.15) is 11.3 Å². The molecular weight excluding hydrogens is 212 g/mol. The van der Waals surface area contributed by atoms with Crippen molar-refractivity contribution in [2.75, 3.05) is 0 Å². The quantitative estimate of drug-likeness (QED) is 0.743. The van der Waals surface area contributed by atoms with Crippen molar-refractivity contribution in [1.82, 2.24) is 0 Å². The van der Waals surface area contributed by atoms with Crippen LogP contribution in [-0.2, 0) is 0 Å². The molecule has 1 heterocycles. The van der Waals surface area contributed by atoms with Gasteiger partial charge in [0.25, 0.3) is 0 Å². The molecule has 0 radical (unpaired) electrons. The van der Waals surface area contributed by atoms with Crippen LogP contribution in [0.2, 0.25) is 0 Å². The summed E-state index contributed by atoms with van der Waals surface area (Å²) in [4.78, 5) is 12.0. The molecule has 2 aromatic rings. The van der Waals surface area contributed by atoms with Crippen molar-refractivity contribution in [3.8, 4) is 0 Å². The molecule has 0 N–H and O–H groups in total. The van der Waals surface area contributed by atoms with Gasteiger partial charge in [-0.3, -0.25) is 4.79 Å². The van der Waals surface area contributed by atoms with Crippen LogP contribution in [0.5, 0.6) is 0 Å². The second-order valence-electron chi connectivity index (χ2n) is 4.31. The van der Waals surface area contributed by atoms with E-state index in [-0.39, 0.29) is 11.3 Å². The Labute approximate surface area is 98.9 Å². The molecule has 1 aromatic carbocycles. The van der Waals surface area contributed by atoms with Gasteiger partial charge in [-0.25, -0.2) is 0 Å². The molecule has 1 aromatic heterocycles. The van der Waals surface area contributed by atoms with Crippen molar-refractivity contribution >= 4 is 11.0 Å². The zero-order valence-electron chi connectivity index (χ0n) is 9.51. The molecule has 2 nitrogen and oxygen atoms in total. The van der Waals surface area contributed by atoms with Gasteiger partial charge in [-0.2, -0.15) is 0 Å². The van der Waals surface area contributed by atoms with Crippen molar-refractivity contribution in [2.24, 2.45) is 0 Å². The summed E-state index contributed by atoms with van der Waals surface area (Å²) in [7, 11) is 0. The maximum atomic E-state index is 12.0. The Hall–Kier alpha value is -2.09. The smallest absolute Gasteiger partial charge is 0.192 e. The number of aryl methyl sites for hydroxylation is 1. The summed E-state index contributed by atoms with van der Waals surface area (Å²) >= 11 is 0. The molecule has 0 aliphatic heterocycles. The van der Waals surface area contributed by atoms with E-state index < -0.39 is 0 Å². The third kappa shape index (κ3) is 1.72. The fourth-order valence-corrected chi connectivity index (χ4v) is 2.07.